The van der Waals surface area contributed by atoms with Gasteiger partial charge in [0.1, 0.15) is 17.4 Å². The third-order valence-corrected chi connectivity index (χ3v) is 6.09. The second-order valence-corrected chi connectivity index (χ2v) is 8.37. The molecule has 1 aliphatic rings. The van der Waals surface area contributed by atoms with Crippen LogP contribution in [0.2, 0.25) is 0 Å². The number of aromatic hydroxyl groups is 1. The van der Waals surface area contributed by atoms with Crippen LogP contribution in [-0.2, 0) is 24.7 Å². The van der Waals surface area contributed by atoms with Gasteiger partial charge in [0, 0.05) is 29.9 Å². The van der Waals surface area contributed by atoms with Crippen LogP contribution in [0.15, 0.2) is 47.3 Å². The van der Waals surface area contributed by atoms with Gasteiger partial charge in [-0.15, -0.1) is 0 Å². The Morgan fingerprint density at radius 3 is 2.63 bits per heavy atom. The van der Waals surface area contributed by atoms with Gasteiger partial charge in [-0.25, -0.2) is 13.6 Å². The van der Waals surface area contributed by atoms with Crippen LogP contribution < -0.4 is 16.2 Å². The smallest absolute Gasteiger partial charge is 0.319 e. The fourth-order valence-corrected chi connectivity index (χ4v) is 4.39. The topological polar surface area (TPSA) is 121 Å². The number of benzene rings is 2. The van der Waals surface area contributed by atoms with Gasteiger partial charge in [-0.1, -0.05) is 18.2 Å². The van der Waals surface area contributed by atoms with Crippen molar-refractivity contribution in [3.8, 4) is 16.9 Å². The molecule has 1 aromatic heterocycles. The highest BCUT2D eigenvalue weighted by molar-refractivity contribution is 5.91. The Bertz CT molecular complexity index is 1390. The number of carboxylic acids is 1. The number of carboxylic acid groups (broad SMARTS) is 1. The number of nitrogens with one attached hydrogen (secondary N) is 2. The van der Waals surface area contributed by atoms with E-state index in [1.54, 1.807) is 25.2 Å². The maximum atomic E-state index is 14.3. The highest BCUT2D eigenvalue weighted by atomic mass is 19.1. The third-order valence-electron chi connectivity index (χ3n) is 6.09. The van der Waals surface area contributed by atoms with Crippen molar-refractivity contribution in [2.45, 2.75) is 31.7 Å². The largest absolute Gasteiger partial charge is 0.505 e. The minimum Gasteiger partial charge on any atom is -0.505 e. The lowest BCUT2D eigenvalue weighted by molar-refractivity contribution is -0.137. The molecule has 2 aromatic carbocycles. The standard InChI is InChI=1S/C25H23F2N3O5/c1-30-20-7-3-6-17(20)23(33)22(24(30)34)29-25(35)28-19(12-21(31)32)14-5-2-4-13(10-14)16-9-8-15(26)11-18(16)27/h2,4-5,8-11,19,33H,3,6-7,12H2,1H3,(H,31,32)(H2,28,29,35). The second-order valence-electron chi connectivity index (χ2n) is 8.37. The molecule has 0 saturated heterocycles. The minimum absolute atomic E-state index is 0.110. The van der Waals surface area contributed by atoms with Crippen molar-refractivity contribution in [3.63, 3.8) is 0 Å². The fraction of sp³-hybridized carbons (Fsp3) is 0.240. The molecule has 35 heavy (non-hydrogen) atoms. The molecule has 2 amide bonds. The summed E-state index contributed by atoms with van der Waals surface area (Å²) in [6.07, 6.45) is 1.49. The van der Waals surface area contributed by atoms with E-state index in [4.69, 9.17) is 0 Å². The van der Waals surface area contributed by atoms with Crippen LogP contribution in [0.25, 0.3) is 11.1 Å². The van der Waals surface area contributed by atoms with Gasteiger partial charge < -0.3 is 25.4 Å². The number of aliphatic carboxylic acids is 1. The Morgan fingerprint density at radius 1 is 1.14 bits per heavy atom. The predicted molar refractivity (Wildman–Crippen MR) is 124 cm³/mol. The molecular weight excluding hydrogens is 460 g/mol. The van der Waals surface area contributed by atoms with Crippen molar-refractivity contribution in [2.75, 3.05) is 5.32 Å². The van der Waals surface area contributed by atoms with E-state index >= 15 is 0 Å². The zero-order valence-electron chi connectivity index (χ0n) is 18.8. The lowest BCUT2D eigenvalue weighted by atomic mass is 9.97. The van der Waals surface area contributed by atoms with Crippen LogP contribution in [0.5, 0.6) is 5.75 Å². The van der Waals surface area contributed by atoms with E-state index in [1.807, 2.05) is 0 Å². The Morgan fingerprint density at radius 2 is 1.91 bits per heavy atom. The predicted octanol–water partition coefficient (Wildman–Crippen LogP) is 3.86. The average molecular weight is 483 g/mol. The van der Waals surface area contributed by atoms with Crippen LogP contribution in [0.4, 0.5) is 19.3 Å². The Kier molecular flexibility index (Phi) is 6.54. The van der Waals surface area contributed by atoms with E-state index in [-0.39, 0.29) is 17.0 Å². The first-order chi connectivity index (χ1) is 16.7. The molecule has 4 rings (SSSR count). The number of aromatic nitrogens is 1. The van der Waals surface area contributed by atoms with E-state index in [2.05, 4.69) is 10.6 Å². The number of rotatable bonds is 6. The molecule has 0 aliphatic heterocycles. The number of nitrogens with zero attached hydrogens (tertiary/aromatic N) is 1. The van der Waals surface area contributed by atoms with E-state index < -0.39 is 41.7 Å². The lowest BCUT2D eigenvalue weighted by Gasteiger charge is -2.20. The number of carbonyl (C=O) groups is 2. The summed E-state index contributed by atoms with van der Waals surface area (Å²) in [5.41, 5.74) is 1.27. The maximum absolute atomic E-state index is 14.3. The number of hydrogen-bond donors (Lipinski definition) is 4. The molecule has 0 saturated carbocycles. The molecule has 1 atom stereocenters. The van der Waals surface area contributed by atoms with Crippen molar-refractivity contribution in [3.05, 3.63) is 81.3 Å². The minimum atomic E-state index is -1.20. The average Bonchev–Trinajstić information content (AvgIpc) is 3.30. The van der Waals surface area contributed by atoms with Crippen molar-refractivity contribution < 1.29 is 28.6 Å². The molecule has 4 N–H and O–H groups in total. The molecule has 1 heterocycles. The van der Waals surface area contributed by atoms with Crippen molar-refractivity contribution >= 4 is 17.7 Å². The molecule has 0 radical (unpaired) electrons. The fourth-order valence-electron chi connectivity index (χ4n) is 4.39. The summed E-state index contributed by atoms with van der Waals surface area (Å²) in [5, 5.41) is 24.8. The number of anilines is 1. The summed E-state index contributed by atoms with van der Waals surface area (Å²) in [5.74, 6) is -3.01. The Labute approximate surface area is 198 Å². The molecule has 1 aliphatic carbocycles. The van der Waals surface area contributed by atoms with Gasteiger partial charge in [0.2, 0.25) is 0 Å². The van der Waals surface area contributed by atoms with E-state index in [0.29, 0.717) is 35.2 Å². The molecule has 8 nitrogen and oxygen atoms in total. The highest BCUT2D eigenvalue weighted by Crippen LogP contribution is 2.33. The number of halogens is 2. The van der Waals surface area contributed by atoms with Crippen LogP contribution in [0.1, 0.15) is 35.7 Å². The normalized spacial score (nSPS) is 13.2. The van der Waals surface area contributed by atoms with E-state index in [9.17, 15) is 33.4 Å². The van der Waals surface area contributed by atoms with Gasteiger partial charge in [-0.05, 0) is 48.6 Å². The number of fused-ring (bicyclic) bond motifs is 1. The molecule has 0 spiro atoms. The molecule has 0 bridgehead atoms. The van der Waals surface area contributed by atoms with Crippen molar-refractivity contribution in [1.29, 1.82) is 0 Å². The van der Waals surface area contributed by atoms with Crippen molar-refractivity contribution in [1.82, 2.24) is 9.88 Å². The Balaban J connectivity index is 1.61. The summed E-state index contributed by atoms with van der Waals surface area (Å²) < 4.78 is 28.9. The number of amides is 2. The molecular formula is C25H23F2N3O5. The van der Waals surface area contributed by atoms with Gasteiger partial charge in [-0.3, -0.25) is 9.59 Å². The summed E-state index contributed by atoms with van der Waals surface area (Å²) in [6.45, 7) is 0. The number of hydrogen-bond acceptors (Lipinski definition) is 4. The summed E-state index contributed by atoms with van der Waals surface area (Å²) in [6, 6.07) is 7.37. The summed E-state index contributed by atoms with van der Waals surface area (Å²) in [7, 11) is 1.56. The highest BCUT2D eigenvalue weighted by Gasteiger charge is 2.26. The maximum Gasteiger partial charge on any atom is 0.319 e. The van der Waals surface area contributed by atoms with Crippen LogP contribution >= 0.6 is 0 Å². The quantitative estimate of drug-likeness (QED) is 0.424. The van der Waals surface area contributed by atoms with Gasteiger partial charge in [-0.2, -0.15) is 0 Å². The van der Waals surface area contributed by atoms with E-state index in [1.165, 1.54) is 16.7 Å². The summed E-state index contributed by atoms with van der Waals surface area (Å²) in [4.78, 5) is 36.9. The number of pyridine rings is 1. The zero-order valence-corrected chi connectivity index (χ0v) is 18.8. The first-order valence-corrected chi connectivity index (χ1v) is 10.9. The number of carbonyl (C=O) groups excluding carboxylic acids is 1. The van der Waals surface area contributed by atoms with Gasteiger partial charge in [0.25, 0.3) is 5.56 Å². The first-order valence-electron chi connectivity index (χ1n) is 10.9. The Hall–Kier alpha value is -4.21. The van der Waals surface area contributed by atoms with Crippen LogP contribution in [-0.4, -0.2) is 26.8 Å². The first kappa shape index (κ1) is 23.9. The molecule has 182 valence electrons. The van der Waals surface area contributed by atoms with Gasteiger partial charge in [0.15, 0.2) is 5.69 Å². The van der Waals surface area contributed by atoms with Gasteiger partial charge >= 0.3 is 12.0 Å². The molecule has 0 fully saturated rings. The van der Waals surface area contributed by atoms with Gasteiger partial charge in [0.05, 0.1) is 12.5 Å². The molecule has 10 heteroatoms. The lowest BCUT2D eigenvalue weighted by Crippen LogP contribution is -2.36. The van der Waals surface area contributed by atoms with E-state index in [0.717, 1.165) is 18.6 Å². The SMILES string of the molecule is Cn1c2c(c(O)c(NC(=O)NC(CC(=O)O)c3cccc(-c4ccc(F)cc4F)c3)c1=O)CCC2. The third kappa shape index (κ3) is 4.86. The van der Waals surface area contributed by atoms with Crippen LogP contribution in [0.3, 0.4) is 0 Å². The number of urea groups is 1. The molecule has 1 unspecified atom stereocenters. The zero-order chi connectivity index (χ0) is 25.3. The molecule has 3 aromatic rings. The monoisotopic (exact) mass is 483 g/mol. The van der Waals surface area contributed by atoms with Crippen LogP contribution in [0, 0.1) is 11.6 Å². The second kappa shape index (κ2) is 9.57. The summed E-state index contributed by atoms with van der Waals surface area (Å²) >= 11 is 0. The van der Waals surface area contributed by atoms with Crippen molar-refractivity contribution in [2.24, 2.45) is 7.05 Å².